The molecule has 2 heterocycles. The van der Waals surface area contributed by atoms with Gasteiger partial charge in [0.25, 0.3) is 0 Å². The summed E-state index contributed by atoms with van der Waals surface area (Å²) in [5.74, 6) is -2.29. The van der Waals surface area contributed by atoms with Crippen molar-refractivity contribution in [3.63, 3.8) is 0 Å². The number of aromatic nitrogens is 2. The van der Waals surface area contributed by atoms with Crippen LogP contribution in [-0.4, -0.2) is 34.6 Å². The molecular formula is C23H24FN3O3. The van der Waals surface area contributed by atoms with Crippen LogP contribution in [0.5, 0.6) is 0 Å². The standard InChI is InChI=1S/C23H24FN3O3/c1-3-5-14-26-21(28)19(22(29)30-4-2)20(15-10-6-7-11-16(15)24)27-18-13-9-8-12-17(18)25-23(26)27/h6-13,19-20H,3-5,14H2,1-2H3/t19-,20-/m0/s1. The van der Waals surface area contributed by atoms with Gasteiger partial charge in [0.1, 0.15) is 5.82 Å². The highest BCUT2D eigenvalue weighted by molar-refractivity contribution is 6.08. The number of para-hydroxylation sites is 2. The van der Waals surface area contributed by atoms with E-state index < -0.39 is 29.7 Å². The highest BCUT2D eigenvalue weighted by Gasteiger charge is 2.48. The molecular weight excluding hydrogens is 385 g/mol. The van der Waals surface area contributed by atoms with E-state index in [1.807, 2.05) is 35.8 Å². The maximum Gasteiger partial charge on any atom is 0.321 e. The highest BCUT2D eigenvalue weighted by Crippen LogP contribution is 2.42. The lowest BCUT2D eigenvalue weighted by Gasteiger charge is -2.38. The van der Waals surface area contributed by atoms with E-state index in [2.05, 4.69) is 4.98 Å². The van der Waals surface area contributed by atoms with Gasteiger partial charge >= 0.3 is 5.97 Å². The Hall–Kier alpha value is -3.22. The molecule has 6 nitrogen and oxygen atoms in total. The normalized spacial score (nSPS) is 18.5. The van der Waals surface area contributed by atoms with Gasteiger partial charge in [-0.05, 0) is 31.5 Å². The average molecular weight is 409 g/mol. The molecule has 0 bridgehead atoms. The summed E-state index contributed by atoms with van der Waals surface area (Å²) in [6, 6.07) is 12.8. The average Bonchev–Trinajstić information content (AvgIpc) is 3.12. The van der Waals surface area contributed by atoms with Gasteiger partial charge < -0.3 is 9.30 Å². The fraction of sp³-hybridized carbons (Fsp3) is 0.348. The zero-order chi connectivity index (χ0) is 21.3. The minimum absolute atomic E-state index is 0.138. The zero-order valence-corrected chi connectivity index (χ0v) is 17.0. The Kier molecular flexibility index (Phi) is 5.53. The molecule has 0 saturated carbocycles. The maximum atomic E-state index is 14.9. The lowest BCUT2D eigenvalue weighted by atomic mass is 9.89. The van der Waals surface area contributed by atoms with Crippen molar-refractivity contribution < 1.29 is 18.7 Å². The molecule has 1 aromatic heterocycles. The Balaban J connectivity index is 2.00. The van der Waals surface area contributed by atoms with Crippen LogP contribution in [-0.2, 0) is 14.3 Å². The highest BCUT2D eigenvalue weighted by atomic mass is 19.1. The number of hydrogen-bond donors (Lipinski definition) is 0. The predicted molar refractivity (Wildman–Crippen MR) is 112 cm³/mol. The number of halogens is 1. The van der Waals surface area contributed by atoms with Gasteiger partial charge in [-0.1, -0.05) is 43.7 Å². The molecule has 4 rings (SSSR count). The van der Waals surface area contributed by atoms with Crippen LogP contribution in [0, 0.1) is 11.7 Å². The number of imidazole rings is 1. The lowest BCUT2D eigenvalue weighted by Crippen LogP contribution is -2.50. The fourth-order valence-electron chi connectivity index (χ4n) is 4.07. The first kappa shape index (κ1) is 20.1. The molecule has 0 spiro atoms. The fourth-order valence-corrected chi connectivity index (χ4v) is 4.07. The molecule has 156 valence electrons. The molecule has 1 amide bonds. The van der Waals surface area contributed by atoms with E-state index in [0.717, 1.165) is 18.4 Å². The van der Waals surface area contributed by atoms with E-state index in [9.17, 15) is 14.0 Å². The number of carbonyl (C=O) groups excluding carboxylic acids is 2. The molecule has 0 unspecified atom stereocenters. The van der Waals surface area contributed by atoms with E-state index in [0.29, 0.717) is 18.0 Å². The molecule has 2 aromatic carbocycles. The molecule has 1 aliphatic heterocycles. The SMILES string of the molecule is CCCCN1C(=O)[C@@H](C(=O)OCC)[C@H](c2ccccc2F)n2c1nc1ccccc12. The van der Waals surface area contributed by atoms with Gasteiger partial charge in [-0.2, -0.15) is 0 Å². The van der Waals surface area contributed by atoms with E-state index in [1.54, 1.807) is 30.0 Å². The van der Waals surface area contributed by atoms with Gasteiger partial charge in [0.15, 0.2) is 5.92 Å². The van der Waals surface area contributed by atoms with Gasteiger partial charge in [-0.15, -0.1) is 0 Å². The Morgan fingerprint density at radius 3 is 2.60 bits per heavy atom. The van der Waals surface area contributed by atoms with Crippen LogP contribution in [0.15, 0.2) is 48.5 Å². The molecule has 30 heavy (non-hydrogen) atoms. The summed E-state index contributed by atoms with van der Waals surface area (Å²) in [5, 5.41) is 0. The summed E-state index contributed by atoms with van der Waals surface area (Å²) in [5.41, 5.74) is 1.69. The molecule has 0 aliphatic carbocycles. The van der Waals surface area contributed by atoms with Crippen molar-refractivity contribution in [2.75, 3.05) is 18.1 Å². The second-order valence-corrected chi connectivity index (χ2v) is 7.31. The number of carbonyl (C=O) groups is 2. The first-order chi connectivity index (χ1) is 14.6. The third-order valence-electron chi connectivity index (χ3n) is 5.44. The number of nitrogens with zero attached hydrogens (tertiary/aromatic N) is 3. The Bertz CT molecular complexity index is 1090. The van der Waals surface area contributed by atoms with Crippen LogP contribution in [0.4, 0.5) is 10.3 Å². The van der Waals surface area contributed by atoms with Crippen molar-refractivity contribution in [2.24, 2.45) is 5.92 Å². The molecule has 2 atom stereocenters. The first-order valence-corrected chi connectivity index (χ1v) is 10.3. The van der Waals surface area contributed by atoms with Crippen LogP contribution >= 0.6 is 0 Å². The molecule has 7 heteroatoms. The van der Waals surface area contributed by atoms with Crippen molar-refractivity contribution in [3.05, 3.63) is 59.9 Å². The first-order valence-electron chi connectivity index (χ1n) is 10.3. The summed E-state index contributed by atoms with van der Waals surface area (Å²) in [6.07, 6.45) is 1.64. The van der Waals surface area contributed by atoms with Crippen molar-refractivity contribution in [1.82, 2.24) is 9.55 Å². The van der Waals surface area contributed by atoms with Gasteiger partial charge in [-0.25, -0.2) is 9.37 Å². The number of anilines is 1. The molecule has 0 N–H and O–H groups in total. The van der Waals surface area contributed by atoms with Crippen molar-refractivity contribution in [1.29, 1.82) is 0 Å². The van der Waals surface area contributed by atoms with Gasteiger partial charge in [0.2, 0.25) is 11.9 Å². The number of amides is 1. The Morgan fingerprint density at radius 2 is 1.87 bits per heavy atom. The second kappa shape index (κ2) is 8.26. The van der Waals surface area contributed by atoms with Crippen LogP contribution in [0.1, 0.15) is 38.3 Å². The third kappa shape index (κ3) is 3.24. The maximum absolute atomic E-state index is 14.9. The van der Waals surface area contributed by atoms with Crippen LogP contribution in [0.3, 0.4) is 0 Å². The zero-order valence-electron chi connectivity index (χ0n) is 17.0. The van der Waals surface area contributed by atoms with Crippen LogP contribution in [0.25, 0.3) is 11.0 Å². The second-order valence-electron chi connectivity index (χ2n) is 7.31. The minimum atomic E-state index is -1.19. The smallest absolute Gasteiger partial charge is 0.321 e. The van der Waals surface area contributed by atoms with Gasteiger partial charge in [-0.3, -0.25) is 14.5 Å². The van der Waals surface area contributed by atoms with Gasteiger partial charge in [0, 0.05) is 12.1 Å². The van der Waals surface area contributed by atoms with E-state index in [-0.39, 0.29) is 12.2 Å². The van der Waals surface area contributed by atoms with E-state index in [1.165, 1.54) is 6.07 Å². The summed E-state index contributed by atoms with van der Waals surface area (Å²) < 4.78 is 22.0. The van der Waals surface area contributed by atoms with E-state index in [4.69, 9.17) is 4.74 Å². The number of rotatable bonds is 6. The molecule has 0 saturated heterocycles. The molecule has 0 fully saturated rings. The van der Waals surface area contributed by atoms with Gasteiger partial charge in [0.05, 0.1) is 23.7 Å². The minimum Gasteiger partial charge on any atom is -0.465 e. The monoisotopic (exact) mass is 409 g/mol. The lowest BCUT2D eigenvalue weighted by molar-refractivity contribution is -0.153. The summed E-state index contributed by atoms with van der Waals surface area (Å²) in [7, 11) is 0. The third-order valence-corrected chi connectivity index (χ3v) is 5.44. The topological polar surface area (TPSA) is 64.4 Å². The predicted octanol–water partition coefficient (Wildman–Crippen LogP) is 4.09. The number of unbranched alkanes of at least 4 members (excludes halogenated alkanes) is 1. The largest absolute Gasteiger partial charge is 0.465 e. The van der Waals surface area contributed by atoms with E-state index >= 15 is 0 Å². The van der Waals surface area contributed by atoms with Crippen molar-refractivity contribution in [2.45, 2.75) is 32.7 Å². The summed E-state index contributed by atoms with van der Waals surface area (Å²) in [6.45, 7) is 4.29. The molecule has 0 radical (unpaired) electrons. The summed E-state index contributed by atoms with van der Waals surface area (Å²) in [4.78, 5) is 32.7. The molecule has 3 aromatic rings. The quantitative estimate of drug-likeness (QED) is 0.454. The Morgan fingerprint density at radius 1 is 1.13 bits per heavy atom. The number of benzene rings is 2. The number of hydrogen-bond acceptors (Lipinski definition) is 4. The molecule has 1 aliphatic rings. The van der Waals surface area contributed by atoms with Crippen LogP contribution < -0.4 is 4.90 Å². The van der Waals surface area contributed by atoms with Crippen molar-refractivity contribution >= 4 is 28.9 Å². The van der Waals surface area contributed by atoms with Crippen LogP contribution in [0.2, 0.25) is 0 Å². The number of ether oxygens (including phenoxy) is 1. The number of fused-ring (bicyclic) bond motifs is 3. The number of esters is 1. The Labute approximate surface area is 174 Å². The summed E-state index contributed by atoms with van der Waals surface area (Å²) >= 11 is 0. The van der Waals surface area contributed by atoms with Crippen molar-refractivity contribution in [3.8, 4) is 0 Å².